The number of carbonyl (C=O) groups is 1. The van der Waals surface area contributed by atoms with E-state index in [9.17, 15) is 13.2 Å². The van der Waals surface area contributed by atoms with Gasteiger partial charge in [-0.25, -0.2) is 12.4 Å². The first-order valence-electron chi connectivity index (χ1n) is 3.92. The van der Waals surface area contributed by atoms with Crippen LogP contribution in [0.15, 0.2) is 29.2 Å². The number of nitrogens with zero attached hydrogens (tertiary/aromatic N) is 1. The Morgan fingerprint density at radius 3 is 2.33 bits per heavy atom. The van der Waals surface area contributed by atoms with E-state index in [1.165, 1.54) is 12.1 Å². The number of amides is 1. The maximum Gasteiger partial charge on any atom is 0.354 e. The first-order valence-corrected chi connectivity index (χ1v) is 9.37. The Morgan fingerprint density at radius 1 is 1.20 bits per heavy atom. The second-order valence-electron chi connectivity index (χ2n) is 2.88. The largest absolute Gasteiger partial charge is 0.354 e. The van der Waals surface area contributed by atoms with E-state index in [1.807, 2.05) is 0 Å². The van der Waals surface area contributed by atoms with E-state index in [0.717, 1.165) is 0 Å². The molecule has 0 saturated heterocycles. The maximum atomic E-state index is 11.8. The molecular weight excluding hydrogens is 277 g/mol. The fraction of sp³-hybridized carbons (Fsp3) is 0. The van der Waals surface area contributed by atoms with Crippen molar-refractivity contribution in [1.82, 2.24) is 3.97 Å². The van der Waals surface area contributed by atoms with Crippen LogP contribution in [0.3, 0.4) is 0 Å². The minimum absolute atomic E-state index is 0.0196. The van der Waals surface area contributed by atoms with Crippen LogP contribution in [-0.4, -0.2) is 25.9 Å². The average molecular weight is 282 g/mol. The number of hydrogen-bond donors (Lipinski definition) is 0. The zero-order valence-corrected chi connectivity index (χ0v) is 10.7. The highest BCUT2D eigenvalue weighted by molar-refractivity contribution is 7.92. The van der Waals surface area contributed by atoms with Crippen LogP contribution in [-0.2, 0) is 10.0 Å². The molecule has 0 bridgehead atoms. The van der Waals surface area contributed by atoms with E-state index in [4.69, 9.17) is 22.2 Å². The standard InChI is InChI=1S/C7H5Cl2NO3SSi/c8-15(9)10-7(11)5-3-1-2-4-6(5)14(10,12)13/h1-4,15H. The molecule has 0 spiro atoms. The second kappa shape index (κ2) is 3.48. The molecule has 0 N–H and O–H groups in total. The van der Waals surface area contributed by atoms with Gasteiger partial charge in [0.25, 0.3) is 15.9 Å². The highest BCUT2D eigenvalue weighted by Gasteiger charge is 2.44. The molecule has 1 aliphatic heterocycles. The summed E-state index contributed by atoms with van der Waals surface area (Å²) in [5, 5.41) is 0. The van der Waals surface area contributed by atoms with Gasteiger partial charge in [-0.2, -0.15) is 0 Å². The highest BCUT2D eigenvalue weighted by Crippen LogP contribution is 2.32. The van der Waals surface area contributed by atoms with Crippen LogP contribution in [0.5, 0.6) is 0 Å². The van der Waals surface area contributed by atoms with Gasteiger partial charge >= 0.3 is 7.58 Å². The van der Waals surface area contributed by atoms with Gasteiger partial charge in [0, 0.05) is 0 Å². The third kappa shape index (κ3) is 1.48. The highest BCUT2D eigenvalue weighted by atomic mass is 35.7. The van der Waals surface area contributed by atoms with Crippen LogP contribution in [0.4, 0.5) is 0 Å². The normalized spacial score (nSPS) is 18.3. The second-order valence-corrected chi connectivity index (χ2v) is 9.26. The quantitative estimate of drug-likeness (QED) is 0.571. The van der Waals surface area contributed by atoms with Crippen LogP contribution < -0.4 is 0 Å². The summed E-state index contributed by atoms with van der Waals surface area (Å²) in [5.41, 5.74) is 0.135. The summed E-state index contributed by atoms with van der Waals surface area (Å²) in [4.78, 5) is 11.6. The molecule has 8 heteroatoms. The van der Waals surface area contributed by atoms with Crippen molar-refractivity contribution in [3.63, 3.8) is 0 Å². The molecule has 15 heavy (non-hydrogen) atoms. The Morgan fingerprint density at radius 2 is 1.80 bits per heavy atom. The van der Waals surface area contributed by atoms with Crippen molar-refractivity contribution >= 4 is 45.7 Å². The smallest absolute Gasteiger partial charge is 0.269 e. The molecule has 80 valence electrons. The first kappa shape index (κ1) is 10.9. The van der Waals surface area contributed by atoms with E-state index < -0.39 is 23.5 Å². The molecule has 0 aromatic heterocycles. The monoisotopic (exact) mass is 281 g/mol. The van der Waals surface area contributed by atoms with E-state index in [2.05, 4.69) is 0 Å². The Labute approximate surface area is 97.5 Å². The number of rotatable bonds is 1. The number of fused-ring (bicyclic) bond motifs is 1. The van der Waals surface area contributed by atoms with Gasteiger partial charge in [-0.1, -0.05) is 12.1 Å². The molecule has 1 amide bonds. The van der Waals surface area contributed by atoms with Crippen LogP contribution in [0.2, 0.25) is 0 Å². The minimum atomic E-state index is -3.81. The van der Waals surface area contributed by atoms with Gasteiger partial charge in [0.2, 0.25) is 0 Å². The van der Waals surface area contributed by atoms with E-state index in [1.54, 1.807) is 12.1 Å². The van der Waals surface area contributed by atoms with Gasteiger partial charge in [-0.05, 0) is 12.1 Å². The zero-order valence-electron chi connectivity index (χ0n) is 7.22. The fourth-order valence-corrected chi connectivity index (χ4v) is 6.52. The molecule has 1 aromatic carbocycles. The fourth-order valence-electron chi connectivity index (χ4n) is 1.40. The Kier molecular flexibility index (Phi) is 2.54. The van der Waals surface area contributed by atoms with Crippen molar-refractivity contribution in [3.05, 3.63) is 29.8 Å². The molecule has 0 aliphatic carbocycles. The SMILES string of the molecule is O=C1c2ccccc2S(=O)(=O)N1[SiH](Cl)Cl. The molecular formula is C7H5Cl2NO3SSi. The Bertz CT molecular complexity index is 531. The number of sulfonamides is 1. The van der Waals surface area contributed by atoms with E-state index >= 15 is 0 Å². The lowest BCUT2D eigenvalue weighted by atomic mass is 10.2. The molecule has 1 heterocycles. The zero-order chi connectivity index (χ0) is 11.2. The minimum Gasteiger partial charge on any atom is -0.269 e. The van der Waals surface area contributed by atoms with Gasteiger partial charge < -0.3 is 0 Å². The van der Waals surface area contributed by atoms with E-state index in [0.29, 0.717) is 3.97 Å². The topological polar surface area (TPSA) is 54.5 Å². The van der Waals surface area contributed by atoms with Gasteiger partial charge in [-0.3, -0.25) is 4.79 Å². The summed E-state index contributed by atoms with van der Waals surface area (Å²) in [5.74, 6) is -0.632. The van der Waals surface area contributed by atoms with Crippen LogP contribution in [0.25, 0.3) is 0 Å². The lowest BCUT2D eigenvalue weighted by molar-refractivity contribution is 0.0927. The Hall–Kier alpha value is -0.563. The van der Waals surface area contributed by atoms with E-state index in [-0.39, 0.29) is 10.5 Å². The summed E-state index contributed by atoms with van der Waals surface area (Å²) in [6.45, 7) is 0. The molecule has 0 radical (unpaired) electrons. The maximum absolute atomic E-state index is 11.8. The van der Waals surface area contributed by atoms with Crippen LogP contribution >= 0.6 is 22.2 Å². The van der Waals surface area contributed by atoms with Crippen molar-refractivity contribution in [1.29, 1.82) is 0 Å². The third-order valence-electron chi connectivity index (χ3n) is 2.03. The summed E-state index contributed by atoms with van der Waals surface area (Å²) < 4.78 is 24.2. The average Bonchev–Trinajstić information content (AvgIpc) is 2.36. The number of carbonyl (C=O) groups excluding carboxylic acids is 1. The molecule has 0 unspecified atom stereocenters. The molecule has 0 saturated carbocycles. The van der Waals surface area contributed by atoms with Crippen molar-refractivity contribution in [3.8, 4) is 0 Å². The van der Waals surface area contributed by atoms with Gasteiger partial charge in [0.1, 0.15) is 0 Å². The van der Waals surface area contributed by atoms with Crippen molar-refractivity contribution < 1.29 is 13.2 Å². The van der Waals surface area contributed by atoms with Crippen LogP contribution in [0, 0.1) is 0 Å². The molecule has 4 nitrogen and oxygen atoms in total. The number of hydrogen-bond acceptors (Lipinski definition) is 3. The third-order valence-corrected chi connectivity index (χ3v) is 7.55. The molecule has 0 fully saturated rings. The van der Waals surface area contributed by atoms with Crippen molar-refractivity contribution in [2.45, 2.75) is 4.90 Å². The predicted octanol–water partition coefficient (Wildman–Crippen LogP) is 1.03. The lowest BCUT2D eigenvalue weighted by Crippen LogP contribution is -2.36. The van der Waals surface area contributed by atoms with Gasteiger partial charge in [0.05, 0.1) is 10.5 Å². The van der Waals surface area contributed by atoms with Gasteiger partial charge in [-0.15, -0.1) is 22.2 Å². The summed E-state index contributed by atoms with van der Waals surface area (Å²) in [6, 6.07) is 5.95. The number of halogens is 2. The van der Waals surface area contributed by atoms with Crippen molar-refractivity contribution in [2.75, 3.05) is 0 Å². The summed E-state index contributed by atoms with van der Waals surface area (Å²) in [7, 11) is -6.57. The molecule has 0 atom stereocenters. The molecule has 1 aromatic rings. The summed E-state index contributed by atoms with van der Waals surface area (Å²) in [6.07, 6.45) is 0. The van der Waals surface area contributed by atoms with Crippen molar-refractivity contribution in [2.24, 2.45) is 0 Å². The number of benzene rings is 1. The Balaban J connectivity index is 2.71. The first-order chi connectivity index (χ1) is 6.96. The lowest BCUT2D eigenvalue weighted by Gasteiger charge is -2.14. The van der Waals surface area contributed by atoms with Gasteiger partial charge in [0.15, 0.2) is 0 Å². The van der Waals surface area contributed by atoms with Crippen LogP contribution in [0.1, 0.15) is 10.4 Å². The predicted molar refractivity (Wildman–Crippen MR) is 58.7 cm³/mol. The molecule has 1 aliphatic rings. The summed E-state index contributed by atoms with van der Waals surface area (Å²) >= 11 is 11.2. The molecule has 2 rings (SSSR count).